The third-order valence-electron chi connectivity index (χ3n) is 14.1. The lowest BCUT2D eigenvalue weighted by atomic mass is 9.39. The van der Waals surface area contributed by atoms with Gasteiger partial charge >= 0.3 is 0 Å². The van der Waals surface area contributed by atoms with Crippen LogP contribution < -0.4 is 29.7 Å². The highest BCUT2D eigenvalue weighted by atomic mass is 32.1. The summed E-state index contributed by atoms with van der Waals surface area (Å²) in [4.78, 5) is 7.73. The van der Waals surface area contributed by atoms with E-state index >= 15 is 0 Å². The third kappa shape index (κ3) is 7.21. The van der Waals surface area contributed by atoms with E-state index in [0.717, 1.165) is 28.4 Å². The van der Waals surface area contributed by atoms with Crippen LogP contribution in [0.1, 0.15) is 105 Å². The molecule has 2 aromatic heterocycles. The average Bonchev–Trinajstić information content (AvgIpc) is 3.87. The average molecular weight is 924 g/mol. The van der Waals surface area contributed by atoms with E-state index in [1.165, 1.54) is 80.2 Å². The van der Waals surface area contributed by atoms with Gasteiger partial charge in [0.2, 0.25) is 0 Å². The molecule has 3 nitrogen and oxygen atoms in total. The Labute approximate surface area is 412 Å². The molecule has 9 aromatic rings. The zero-order chi connectivity index (χ0) is 47.7. The number of thiophene rings is 2. The van der Waals surface area contributed by atoms with Crippen LogP contribution in [0.5, 0.6) is 0 Å². The van der Waals surface area contributed by atoms with Gasteiger partial charge in [0.1, 0.15) is 0 Å². The van der Waals surface area contributed by atoms with Crippen molar-refractivity contribution in [3.8, 4) is 0 Å². The van der Waals surface area contributed by atoms with Crippen LogP contribution in [-0.4, -0.2) is 6.71 Å². The molecule has 0 atom stereocenters. The molecule has 11 rings (SSSR count). The fourth-order valence-corrected chi connectivity index (χ4v) is 13.9. The van der Waals surface area contributed by atoms with Crippen LogP contribution in [0.4, 0.5) is 51.2 Å². The number of para-hydroxylation sites is 4. The third-order valence-corrected chi connectivity index (χ3v) is 16.7. The second-order valence-corrected chi connectivity index (χ2v) is 25.2. The molecule has 2 aliphatic rings. The summed E-state index contributed by atoms with van der Waals surface area (Å²) in [5.74, 6) is 0. The Balaban J connectivity index is 1.36. The van der Waals surface area contributed by atoms with Gasteiger partial charge in [0, 0.05) is 63.8 Å². The van der Waals surface area contributed by atoms with Gasteiger partial charge < -0.3 is 14.7 Å². The van der Waals surface area contributed by atoms with Crippen LogP contribution in [0.3, 0.4) is 0 Å². The first kappa shape index (κ1) is 44.4. The molecule has 2 aliphatic heterocycles. The van der Waals surface area contributed by atoms with Crippen molar-refractivity contribution in [3.63, 3.8) is 0 Å². The molecular weight excluding hydrogens is 862 g/mol. The largest absolute Gasteiger partial charge is 0.310 e. The maximum Gasteiger partial charge on any atom is 0.277 e. The highest BCUT2D eigenvalue weighted by Crippen LogP contribution is 2.55. The fraction of sp³-hybridized carbons (Fsp3) is 0.258. The van der Waals surface area contributed by atoms with Crippen molar-refractivity contribution in [1.82, 2.24) is 0 Å². The van der Waals surface area contributed by atoms with E-state index in [1.54, 1.807) is 0 Å². The van der Waals surface area contributed by atoms with Crippen molar-refractivity contribution in [2.45, 2.75) is 105 Å². The van der Waals surface area contributed by atoms with Crippen LogP contribution >= 0.6 is 22.7 Å². The Bertz CT molecular complexity index is 3160. The lowest BCUT2D eigenvalue weighted by Gasteiger charge is -2.43. The van der Waals surface area contributed by atoms with E-state index in [0.29, 0.717) is 0 Å². The predicted molar refractivity (Wildman–Crippen MR) is 301 cm³/mol. The van der Waals surface area contributed by atoms with Gasteiger partial charge in [0.25, 0.3) is 6.71 Å². The van der Waals surface area contributed by atoms with Gasteiger partial charge in [-0.05, 0) is 122 Å². The van der Waals surface area contributed by atoms with Gasteiger partial charge in [-0.3, -0.25) is 0 Å². The molecule has 0 saturated carbocycles. The number of anilines is 9. The topological polar surface area (TPSA) is 9.72 Å². The van der Waals surface area contributed by atoms with Crippen LogP contribution in [0.2, 0.25) is 0 Å². The standard InChI is InChI=1S/C62H62BN3S2/c1-59(2,3)39-33-46-53-57(67-55(46)48(35-39)61(7,8)9)63-52-50(65(53)43-29-21-15-22-30-43)37-45(64(41-25-17-13-18-26-41)42-27-19-14-20-28-42)38-51(52)66(44-31-23-16-24-32-44)54-47-34-40(60(4,5)6)36-49(62(10,11)12)56(47)68-58(54)63/h13-38H,1-12H3. The summed E-state index contributed by atoms with van der Waals surface area (Å²) in [7, 11) is 0. The highest BCUT2D eigenvalue weighted by molar-refractivity contribution is 7.41. The van der Waals surface area contributed by atoms with Crippen LogP contribution in [0.25, 0.3) is 20.2 Å². The molecule has 0 spiro atoms. The molecule has 4 heterocycles. The summed E-state index contributed by atoms with van der Waals surface area (Å²) in [6.45, 7) is 28.6. The molecular formula is C62H62BN3S2. The first-order chi connectivity index (χ1) is 32.3. The molecule has 340 valence electrons. The summed E-state index contributed by atoms with van der Waals surface area (Å²) in [5, 5.41) is 2.68. The first-order valence-electron chi connectivity index (χ1n) is 24.3. The maximum absolute atomic E-state index is 2.64. The van der Waals surface area contributed by atoms with E-state index in [9.17, 15) is 0 Å². The second kappa shape index (κ2) is 15.7. The smallest absolute Gasteiger partial charge is 0.277 e. The van der Waals surface area contributed by atoms with Crippen molar-refractivity contribution < 1.29 is 0 Å². The van der Waals surface area contributed by atoms with E-state index in [-0.39, 0.29) is 28.4 Å². The number of benzene rings is 7. The number of nitrogens with zero attached hydrogens (tertiary/aromatic N) is 3. The van der Waals surface area contributed by atoms with E-state index in [2.05, 4.69) is 256 Å². The normalized spacial score (nSPS) is 13.8. The maximum atomic E-state index is 2.64. The van der Waals surface area contributed by atoms with Gasteiger partial charge in [-0.25, -0.2) is 0 Å². The Morgan fingerprint density at radius 2 is 0.750 bits per heavy atom. The molecule has 0 fully saturated rings. The summed E-state index contributed by atoms with van der Waals surface area (Å²) in [5.41, 5.74) is 17.4. The van der Waals surface area contributed by atoms with Crippen LogP contribution in [0.15, 0.2) is 158 Å². The quantitative estimate of drug-likeness (QED) is 0.159. The van der Waals surface area contributed by atoms with E-state index in [4.69, 9.17) is 0 Å². The Morgan fingerprint density at radius 3 is 1.09 bits per heavy atom. The second-order valence-electron chi connectivity index (χ2n) is 23.1. The van der Waals surface area contributed by atoms with Crippen LogP contribution in [0, 0.1) is 0 Å². The minimum absolute atomic E-state index is 0.00696. The number of hydrogen-bond donors (Lipinski definition) is 0. The molecule has 0 N–H and O–H groups in total. The molecule has 0 amide bonds. The zero-order valence-corrected chi connectivity index (χ0v) is 43.4. The minimum Gasteiger partial charge on any atom is -0.310 e. The molecule has 0 saturated heterocycles. The minimum atomic E-state index is -0.0774. The molecule has 0 radical (unpaired) electrons. The summed E-state index contributed by atoms with van der Waals surface area (Å²) in [6, 6.07) is 59.3. The first-order valence-corrected chi connectivity index (χ1v) is 25.9. The Hall–Kier alpha value is -6.08. The molecule has 0 bridgehead atoms. The molecule has 6 heteroatoms. The number of fused-ring (bicyclic) bond motifs is 8. The Kier molecular flexibility index (Phi) is 10.3. The summed E-state index contributed by atoms with van der Waals surface area (Å²) < 4.78 is 5.61. The monoisotopic (exact) mass is 923 g/mol. The van der Waals surface area contributed by atoms with Gasteiger partial charge in [0.05, 0.1) is 17.1 Å². The fourth-order valence-electron chi connectivity index (χ4n) is 10.6. The van der Waals surface area contributed by atoms with Gasteiger partial charge in [-0.15, -0.1) is 22.7 Å². The summed E-state index contributed by atoms with van der Waals surface area (Å²) >= 11 is 4.08. The van der Waals surface area contributed by atoms with Crippen molar-refractivity contribution in [1.29, 1.82) is 0 Å². The van der Waals surface area contributed by atoms with Gasteiger partial charge in [-0.1, -0.05) is 168 Å². The molecule has 0 aliphatic carbocycles. The number of rotatable bonds is 5. The van der Waals surface area contributed by atoms with Crippen LogP contribution in [-0.2, 0) is 21.7 Å². The molecule has 7 aromatic carbocycles. The SMILES string of the molecule is CC(C)(C)c1cc(C(C)(C)C)c2sc3c(c2c1)N(c1ccccc1)c1cc(N(c2ccccc2)c2ccccc2)cc2c1B3c1sc3c(C(C)(C)C)cc(C(C)(C)C)cc3c1N2c1ccccc1. The zero-order valence-electron chi connectivity index (χ0n) is 41.7. The highest BCUT2D eigenvalue weighted by Gasteiger charge is 2.48. The van der Waals surface area contributed by atoms with Crippen molar-refractivity contribution in [3.05, 3.63) is 180 Å². The van der Waals surface area contributed by atoms with Crippen molar-refractivity contribution >= 4 is 116 Å². The van der Waals surface area contributed by atoms with Gasteiger partial charge in [-0.2, -0.15) is 0 Å². The lowest BCUT2D eigenvalue weighted by Crippen LogP contribution is -2.59. The molecule has 68 heavy (non-hydrogen) atoms. The van der Waals surface area contributed by atoms with Crippen molar-refractivity contribution in [2.75, 3.05) is 14.7 Å². The van der Waals surface area contributed by atoms with Crippen molar-refractivity contribution in [2.24, 2.45) is 0 Å². The number of hydrogen-bond acceptors (Lipinski definition) is 5. The summed E-state index contributed by atoms with van der Waals surface area (Å²) in [6.07, 6.45) is 0. The molecule has 0 unspecified atom stereocenters. The Morgan fingerprint density at radius 1 is 0.397 bits per heavy atom. The predicted octanol–water partition coefficient (Wildman–Crippen LogP) is 16.9. The lowest BCUT2D eigenvalue weighted by molar-refractivity contribution is 0.573. The van der Waals surface area contributed by atoms with Gasteiger partial charge in [0.15, 0.2) is 0 Å². The van der Waals surface area contributed by atoms with E-state index < -0.39 is 0 Å². The van der Waals surface area contributed by atoms with E-state index in [1.807, 2.05) is 22.7 Å².